The normalized spacial score (nSPS) is 14.6. The second-order valence-corrected chi connectivity index (χ2v) is 8.31. The van der Waals surface area contributed by atoms with E-state index in [-0.39, 0.29) is 23.7 Å². The molecular weight excluding hydrogens is 440 g/mol. The summed E-state index contributed by atoms with van der Waals surface area (Å²) in [7, 11) is 3.06. The maximum Gasteiger partial charge on any atom is 0.270 e. The molecule has 2 amide bonds. The molecule has 1 aliphatic rings. The Morgan fingerprint density at radius 2 is 1.74 bits per heavy atom. The van der Waals surface area contributed by atoms with E-state index < -0.39 is 16.5 Å². The summed E-state index contributed by atoms with van der Waals surface area (Å²) < 4.78 is 10.5. The second kappa shape index (κ2) is 10.9. The fraction of sp³-hybridized carbons (Fsp3) is 0.417. The van der Waals surface area contributed by atoms with Gasteiger partial charge in [-0.25, -0.2) is 0 Å². The molecule has 0 spiro atoms. The highest BCUT2D eigenvalue weighted by molar-refractivity contribution is 6.00. The molecule has 0 bridgehead atoms. The lowest BCUT2D eigenvalue weighted by Crippen LogP contribution is -2.55. The third-order valence-corrected chi connectivity index (χ3v) is 5.86. The molecule has 0 heterocycles. The fourth-order valence-electron chi connectivity index (χ4n) is 4.24. The molecule has 10 nitrogen and oxygen atoms in total. The molecule has 1 saturated carbocycles. The lowest BCUT2D eigenvalue weighted by molar-refractivity contribution is -0.384. The van der Waals surface area contributed by atoms with Crippen molar-refractivity contribution in [3.8, 4) is 11.5 Å². The van der Waals surface area contributed by atoms with Gasteiger partial charge in [-0.3, -0.25) is 19.7 Å². The Balaban J connectivity index is 1.86. The first-order valence-electron chi connectivity index (χ1n) is 11.1. The Kier molecular flexibility index (Phi) is 7.93. The topological polar surface area (TPSA) is 132 Å². The predicted molar refractivity (Wildman–Crippen MR) is 127 cm³/mol. The first kappa shape index (κ1) is 24.8. The summed E-state index contributed by atoms with van der Waals surface area (Å²) in [6.07, 6.45) is 4.27. The van der Waals surface area contributed by atoms with E-state index in [0.29, 0.717) is 30.0 Å². The third kappa shape index (κ3) is 5.94. The van der Waals surface area contributed by atoms with Crippen LogP contribution in [0.2, 0.25) is 0 Å². The summed E-state index contributed by atoms with van der Waals surface area (Å²) in [6.45, 7) is 1.63. The van der Waals surface area contributed by atoms with Gasteiger partial charge in [0.1, 0.15) is 5.66 Å². The van der Waals surface area contributed by atoms with Gasteiger partial charge >= 0.3 is 0 Å². The van der Waals surface area contributed by atoms with Crippen LogP contribution in [0.4, 0.5) is 11.4 Å². The van der Waals surface area contributed by atoms with Crippen molar-refractivity contribution in [3.05, 3.63) is 57.6 Å². The van der Waals surface area contributed by atoms with E-state index in [9.17, 15) is 19.7 Å². The Hall–Kier alpha value is -3.82. The second-order valence-electron chi connectivity index (χ2n) is 8.31. The monoisotopic (exact) mass is 470 g/mol. The molecule has 3 N–H and O–H groups in total. The van der Waals surface area contributed by atoms with Crippen molar-refractivity contribution in [2.24, 2.45) is 0 Å². The SMILES string of the molecule is COc1ccc(CNC(=O)c2cc([N+](=O)[O-])ccc2NC2(NC(C)=O)CCCCC2)cc1OC. The van der Waals surface area contributed by atoms with E-state index in [0.717, 1.165) is 24.8 Å². The zero-order chi connectivity index (χ0) is 24.7. The Morgan fingerprint density at radius 3 is 2.35 bits per heavy atom. The number of amides is 2. The molecule has 10 heteroatoms. The highest BCUT2D eigenvalue weighted by Crippen LogP contribution is 2.32. The zero-order valence-corrected chi connectivity index (χ0v) is 19.6. The average molecular weight is 471 g/mol. The van der Waals surface area contributed by atoms with Crippen molar-refractivity contribution in [2.75, 3.05) is 19.5 Å². The van der Waals surface area contributed by atoms with Gasteiger partial charge in [-0.1, -0.05) is 12.5 Å². The van der Waals surface area contributed by atoms with Crippen LogP contribution < -0.4 is 25.4 Å². The van der Waals surface area contributed by atoms with Crippen molar-refractivity contribution in [3.63, 3.8) is 0 Å². The van der Waals surface area contributed by atoms with Gasteiger partial charge in [0, 0.05) is 31.3 Å². The number of hydrogen-bond acceptors (Lipinski definition) is 7. The quantitative estimate of drug-likeness (QED) is 0.289. The van der Waals surface area contributed by atoms with Crippen LogP contribution >= 0.6 is 0 Å². The minimum absolute atomic E-state index is 0.130. The number of nitro groups is 1. The maximum atomic E-state index is 13.1. The molecule has 34 heavy (non-hydrogen) atoms. The van der Waals surface area contributed by atoms with Crippen LogP contribution in [0, 0.1) is 10.1 Å². The van der Waals surface area contributed by atoms with E-state index in [4.69, 9.17) is 9.47 Å². The number of carbonyl (C=O) groups excluding carboxylic acids is 2. The van der Waals surface area contributed by atoms with Crippen LogP contribution in [0.25, 0.3) is 0 Å². The van der Waals surface area contributed by atoms with Gasteiger partial charge in [0.25, 0.3) is 11.6 Å². The molecule has 0 atom stereocenters. The van der Waals surface area contributed by atoms with E-state index in [1.807, 2.05) is 0 Å². The van der Waals surface area contributed by atoms with Gasteiger partial charge in [0.05, 0.1) is 24.7 Å². The first-order chi connectivity index (χ1) is 16.3. The molecule has 0 radical (unpaired) electrons. The molecule has 1 aliphatic carbocycles. The number of nitrogens with one attached hydrogen (secondary N) is 3. The van der Waals surface area contributed by atoms with Gasteiger partial charge in [-0.05, 0) is 49.4 Å². The summed E-state index contributed by atoms with van der Waals surface area (Å²) in [5.74, 6) is 0.436. The minimum atomic E-state index is -0.710. The van der Waals surface area contributed by atoms with Crippen LogP contribution in [0.3, 0.4) is 0 Å². The summed E-state index contributed by atoms with van der Waals surface area (Å²) in [5, 5.41) is 20.5. The fourth-order valence-corrected chi connectivity index (χ4v) is 4.24. The van der Waals surface area contributed by atoms with Crippen molar-refractivity contribution in [2.45, 2.75) is 51.2 Å². The van der Waals surface area contributed by atoms with E-state index >= 15 is 0 Å². The minimum Gasteiger partial charge on any atom is -0.493 e. The molecule has 0 saturated heterocycles. The van der Waals surface area contributed by atoms with Crippen LogP contribution in [0.5, 0.6) is 11.5 Å². The number of anilines is 1. The van der Waals surface area contributed by atoms with Crippen molar-refractivity contribution in [1.82, 2.24) is 10.6 Å². The predicted octanol–water partition coefficient (Wildman–Crippen LogP) is 3.75. The van der Waals surface area contributed by atoms with Crippen LogP contribution in [-0.2, 0) is 11.3 Å². The maximum absolute atomic E-state index is 13.1. The number of methoxy groups -OCH3 is 2. The van der Waals surface area contributed by atoms with E-state index in [1.165, 1.54) is 39.3 Å². The van der Waals surface area contributed by atoms with Crippen LogP contribution in [-0.4, -0.2) is 36.6 Å². The van der Waals surface area contributed by atoms with Crippen molar-refractivity contribution < 1.29 is 24.0 Å². The summed E-state index contributed by atoms with van der Waals surface area (Å²) in [6, 6.07) is 9.39. The van der Waals surface area contributed by atoms with E-state index in [2.05, 4.69) is 16.0 Å². The molecule has 182 valence electrons. The number of benzene rings is 2. The zero-order valence-electron chi connectivity index (χ0n) is 19.6. The highest BCUT2D eigenvalue weighted by Gasteiger charge is 2.34. The summed E-state index contributed by atoms with van der Waals surface area (Å²) >= 11 is 0. The molecule has 0 unspecified atom stereocenters. The molecule has 0 aromatic heterocycles. The van der Waals surface area contributed by atoms with Crippen molar-refractivity contribution >= 4 is 23.2 Å². The molecule has 1 fully saturated rings. The molecule has 3 rings (SSSR count). The summed E-state index contributed by atoms with van der Waals surface area (Å²) in [4.78, 5) is 35.9. The lowest BCUT2D eigenvalue weighted by Gasteiger charge is -2.39. The van der Waals surface area contributed by atoms with Gasteiger partial charge in [0.15, 0.2) is 11.5 Å². The first-order valence-corrected chi connectivity index (χ1v) is 11.1. The number of carbonyl (C=O) groups is 2. The smallest absolute Gasteiger partial charge is 0.270 e. The Labute approximate surface area is 198 Å². The Bertz CT molecular complexity index is 1070. The van der Waals surface area contributed by atoms with Gasteiger partial charge in [-0.15, -0.1) is 0 Å². The summed E-state index contributed by atoms with van der Waals surface area (Å²) in [5.41, 5.74) is 0.418. The number of ether oxygens (including phenoxy) is 2. The number of rotatable bonds is 9. The highest BCUT2D eigenvalue weighted by atomic mass is 16.6. The number of nitrogens with zero attached hydrogens (tertiary/aromatic N) is 1. The third-order valence-electron chi connectivity index (χ3n) is 5.86. The lowest BCUT2D eigenvalue weighted by atomic mass is 9.88. The van der Waals surface area contributed by atoms with Crippen LogP contribution in [0.15, 0.2) is 36.4 Å². The molecule has 2 aromatic carbocycles. The standard InChI is InChI=1S/C24H30N4O6/c1-16(29)26-24(11-5-4-6-12-24)27-20-9-8-18(28(31)32)14-19(20)23(30)25-15-17-7-10-21(33-2)22(13-17)34-3/h7-10,13-14,27H,4-6,11-12,15H2,1-3H3,(H,25,30)(H,26,29). The van der Waals surface area contributed by atoms with E-state index in [1.54, 1.807) is 18.2 Å². The van der Waals surface area contributed by atoms with Gasteiger partial charge in [0.2, 0.25) is 5.91 Å². The van der Waals surface area contributed by atoms with Crippen molar-refractivity contribution in [1.29, 1.82) is 0 Å². The Morgan fingerprint density at radius 1 is 1.03 bits per heavy atom. The largest absolute Gasteiger partial charge is 0.493 e. The molecule has 0 aliphatic heterocycles. The van der Waals surface area contributed by atoms with Gasteiger partial charge in [-0.2, -0.15) is 0 Å². The molecular formula is C24H30N4O6. The number of non-ortho nitro benzene ring substituents is 1. The average Bonchev–Trinajstić information content (AvgIpc) is 2.82. The number of nitro benzene ring substituents is 1. The number of hydrogen-bond donors (Lipinski definition) is 3. The van der Waals surface area contributed by atoms with Crippen LogP contribution in [0.1, 0.15) is 54.9 Å². The molecule has 2 aromatic rings. The van der Waals surface area contributed by atoms with Gasteiger partial charge < -0.3 is 25.4 Å².